The summed E-state index contributed by atoms with van der Waals surface area (Å²) in [7, 11) is 4.23. The van der Waals surface area contributed by atoms with Crippen LogP contribution in [-0.2, 0) is 6.54 Å². The fourth-order valence-electron chi connectivity index (χ4n) is 2.00. The van der Waals surface area contributed by atoms with Crippen LogP contribution in [0.1, 0.15) is 24.7 Å². The van der Waals surface area contributed by atoms with Gasteiger partial charge in [0.2, 0.25) is 5.89 Å². The van der Waals surface area contributed by atoms with Crippen molar-refractivity contribution in [2.75, 3.05) is 40.3 Å². The number of likely N-dealkylation sites (N-methyl/N-ethyl adjacent to an activating group) is 2. The zero-order valence-corrected chi connectivity index (χ0v) is 10.8. The van der Waals surface area contributed by atoms with Crippen molar-refractivity contribution in [2.45, 2.75) is 19.5 Å². The number of hydrogen-bond acceptors (Lipinski definition) is 6. The monoisotopic (exact) mass is 239 g/mol. The maximum absolute atomic E-state index is 5.23. The first-order valence-electron chi connectivity index (χ1n) is 6.12. The zero-order chi connectivity index (χ0) is 12.3. The summed E-state index contributed by atoms with van der Waals surface area (Å²) in [5, 5.41) is 7.26. The lowest BCUT2D eigenvalue weighted by Gasteiger charge is -2.35. The molecular formula is C11H21N5O. The topological polar surface area (TPSA) is 57.4 Å². The Kier molecular flexibility index (Phi) is 4.09. The molecule has 1 aliphatic rings. The summed E-state index contributed by atoms with van der Waals surface area (Å²) in [5.74, 6) is 1.47. The molecule has 1 N–H and O–H groups in total. The number of aromatic nitrogens is 2. The third-order valence-electron chi connectivity index (χ3n) is 3.16. The molecule has 0 spiro atoms. The van der Waals surface area contributed by atoms with Gasteiger partial charge in [-0.15, -0.1) is 0 Å². The molecule has 6 nitrogen and oxygen atoms in total. The first kappa shape index (κ1) is 12.5. The molecule has 0 saturated carbocycles. The van der Waals surface area contributed by atoms with Crippen molar-refractivity contribution in [3.63, 3.8) is 0 Å². The highest BCUT2D eigenvalue weighted by Gasteiger charge is 2.27. The molecule has 1 unspecified atom stereocenters. The quantitative estimate of drug-likeness (QED) is 0.804. The van der Waals surface area contributed by atoms with Gasteiger partial charge in [-0.05, 0) is 20.6 Å². The van der Waals surface area contributed by atoms with E-state index in [-0.39, 0.29) is 6.04 Å². The van der Waals surface area contributed by atoms with E-state index in [9.17, 15) is 0 Å². The molecule has 96 valence electrons. The van der Waals surface area contributed by atoms with Gasteiger partial charge >= 0.3 is 0 Å². The molecule has 6 heteroatoms. The minimum absolute atomic E-state index is 0.243. The van der Waals surface area contributed by atoms with Crippen LogP contribution in [-0.4, -0.2) is 60.2 Å². The molecule has 0 radical (unpaired) electrons. The second kappa shape index (κ2) is 5.57. The largest absolute Gasteiger partial charge is 0.338 e. The summed E-state index contributed by atoms with van der Waals surface area (Å²) in [6.45, 7) is 6.70. The van der Waals surface area contributed by atoms with E-state index in [4.69, 9.17) is 4.52 Å². The predicted molar refractivity (Wildman–Crippen MR) is 64.5 cm³/mol. The summed E-state index contributed by atoms with van der Waals surface area (Å²) >= 11 is 0. The van der Waals surface area contributed by atoms with Crippen molar-refractivity contribution in [1.29, 1.82) is 0 Å². The summed E-state index contributed by atoms with van der Waals surface area (Å²) in [6, 6.07) is 0.243. The minimum atomic E-state index is 0.243. The molecule has 1 saturated heterocycles. The van der Waals surface area contributed by atoms with Crippen molar-refractivity contribution in [1.82, 2.24) is 25.3 Å². The van der Waals surface area contributed by atoms with Crippen molar-refractivity contribution in [3.8, 4) is 0 Å². The van der Waals surface area contributed by atoms with Crippen LogP contribution in [0.15, 0.2) is 4.52 Å². The third kappa shape index (κ3) is 3.02. The Hall–Kier alpha value is -0.980. The number of piperazine rings is 1. The summed E-state index contributed by atoms with van der Waals surface area (Å²) < 4.78 is 5.23. The smallest absolute Gasteiger partial charge is 0.240 e. The van der Waals surface area contributed by atoms with E-state index in [2.05, 4.69) is 46.3 Å². The lowest BCUT2D eigenvalue weighted by atomic mass is 10.2. The Morgan fingerprint density at radius 1 is 1.41 bits per heavy atom. The molecule has 1 aliphatic heterocycles. The van der Waals surface area contributed by atoms with E-state index in [0.29, 0.717) is 12.4 Å². The van der Waals surface area contributed by atoms with Gasteiger partial charge in [-0.2, -0.15) is 4.98 Å². The van der Waals surface area contributed by atoms with Gasteiger partial charge in [-0.3, -0.25) is 4.90 Å². The Morgan fingerprint density at radius 3 is 3.00 bits per heavy atom. The molecule has 0 aromatic carbocycles. The van der Waals surface area contributed by atoms with Gasteiger partial charge in [0.25, 0.3) is 0 Å². The van der Waals surface area contributed by atoms with Crippen LogP contribution in [0.2, 0.25) is 0 Å². The van der Waals surface area contributed by atoms with Gasteiger partial charge in [0, 0.05) is 19.6 Å². The van der Waals surface area contributed by atoms with E-state index in [0.717, 1.165) is 32.0 Å². The Bertz CT molecular complexity index is 353. The molecule has 1 aromatic heterocycles. The van der Waals surface area contributed by atoms with E-state index < -0.39 is 0 Å². The van der Waals surface area contributed by atoms with Crippen molar-refractivity contribution in [3.05, 3.63) is 11.7 Å². The van der Waals surface area contributed by atoms with Crippen molar-refractivity contribution < 1.29 is 4.52 Å². The van der Waals surface area contributed by atoms with Crippen LogP contribution >= 0.6 is 0 Å². The SMILES string of the molecule is CCNCc1nc(C2CN(C)CCN2C)no1. The van der Waals surface area contributed by atoms with Crippen LogP contribution in [0, 0.1) is 0 Å². The average Bonchev–Trinajstić information content (AvgIpc) is 2.78. The summed E-state index contributed by atoms with van der Waals surface area (Å²) in [6.07, 6.45) is 0. The van der Waals surface area contributed by atoms with E-state index >= 15 is 0 Å². The molecule has 2 heterocycles. The molecule has 0 bridgehead atoms. The van der Waals surface area contributed by atoms with Crippen LogP contribution in [0.25, 0.3) is 0 Å². The van der Waals surface area contributed by atoms with E-state index in [1.165, 1.54) is 0 Å². The van der Waals surface area contributed by atoms with Gasteiger partial charge < -0.3 is 14.7 Å². The minimum Gasteiger partial charge on any atom is -0.338 e. The average molecular weight is 239 g/mol. The van der Waals surface area contributed by atoms with Gasteiger partial charge in [0.1, 0.15) is 0 Å². The first-order chi connectivity index (χ1) is 8.20. The fourth-order valence-corrected chi connectivity index (χ4v) is 2.00. The summed E-state index contributed by atoms with van der Waals surface area (Å²) in [5.41, 5.74) is 0. The van der Waals surface area contributed by atoms with Gasteiger partial charge in [-0.25, -0.2) is 0 Å². The highest BCUT2D eigenvalue weighted by molar-refractivity contribution is 4.97. The second-order valence-electron chi connectivity index (χ2n) is 4.59. The molecule has 0 amide bonds. The number of nitrogens with zero attached hydrogens (tertiary/aromatic N) is 4. The number of hydrogen-bond donors (Lipinski definition) is 1. The van der Waals surface area contributed by atoms with E-state index in [1.54, 1.807) is 0 Å². The highest BCUT2D eigenvalue weighted by Crippen LogP contribution is 2.20. The van der Waals surface area contributed by atoms with Crippen LogP contribution in [0.4, 0.5) is 0 Å². The van der Waals surface area contributed by atoms with Crippen molar-refractivity contribution >= 4 is 0 Å². The Balaban J connectivity index is 2.02. The second-order valence-corrected chi connectivity index (χ2v) is 4.59. The van der Waals surface area contributed by atoms with Crippen LogP contribution in [0.3, 0.4) is 0 Å². The molecule has 17 heavy (non-hydrogen) atoms. The molecule has 1 aromatic rings. The van der Waals surface area contributed by atoms with E-state index in [1.807, 2.05) is 0 Å². The number of rotatable bonds is 4. The normalized spacial score (nSPS) is 23.1. The summed E-state index contributed by atoms with van der Waals surface area (Å²) in [4.78, 5) is 9.02. The van der Waals surface area contributed by atoms with Gasteiger partial charge in [0.15, 0.2) is 5.82 Å². The molecule has 1 atom stereocenters. The third-order valence-corrected chi connectivity index (χ3v) is 3.16. The van der Waals surface area contributed by atoms with Crippen LogP contribution < -0.4 is 5.32 Å². The lowest BCUT2D eigenvalue weighted by molar-refractivity contribution is 0.108. The molecular weight excluding hydrogens is 218 g/mol. The number of nitrogens with one attached hydrogen (secondary N) is 1. The standard InChI is InChI=1S/C11H21N5O/c1-4-12-7-10-13-11(14-17-10)9-8-15(2)5-6-16(9)3/h9,12H,4-8H2,1-3H3. The Morgan fingerprint density at radius 2 is 2.24 bits per heavy atom. The maximum atomic E-state index is 5.23. The van der Waals surface area contributed by atoms with Crippen molar-refractivity contribution in [2.24, 2.45) is 0 Å². The van der Waals surface area contributed by atoms with Gasteiger partial charge in [0.05, 0.1) is 12.6 Å². The molecule has 2 rings (SSSR count). The maximum Gasteiger partial charge on any atom is 0.240 e. The van der Waals surface area contributed by atoms with Crippen LogP contribution in [0.5, 0.6) is 0 Å². The lowest BCUT2D eigenvalue weighted by Crippen LogP contribution is -2.45. The van der Waals surface area contributed by atoms with Gasteiger partial charge in [-0.1, -0.05) is 12.1 Å². The fraction of sp³-hybridized carbons (Fsp3) is 0.818. The Labute approximate surface area is 102 Å². The predicted octanol–water partition coefficient (Wildman–Crippen LogP) is 0.0974. The zero-order valence-electron chi connectivity index (χ0n) is 10.8. The molecule has 0 aliphatic carbocycles. The highest BCUT2D eigenvalue weighted by atomic mass is 16.5. The first-order valence-corrected chi connectivity index (χ1v) is 6.12. The molecule has 1 fully saturated rings.